The summed E-state index contributed by atoms with van der Waals surface area (Å²) in [6.45, 7) is 0. The van der Waals surface area contributed by atoms with Crippen LogP contribution in [0.15, 0.2) is 39.5 Å². The molecule has 0 amide bonds. The second-order valence-electron chi connectivity index (χ2n) is 3.71. The molecule has 0 saturated carbocycles. The molecule has 1 heterocycles. The Balaban J connectivity index is 2.23. The van der Waals surface area contributed by atoms with Gasteiger partial charge in [0.2, 0.25) is 0 Å². The monoisotopic (exact) mass is 352 g/mol. The van der Waals surface area contributed by atoms with Crippen LogP contribution in [0.1, 0.15) is 17.2 Å². The van der Waals surface area contributed by atoms with E-state index >= 15 is 0 Å². The van der Waals surface area contributed by atoms with Crippen molar-refractivity contribution in [1.29, 1.82) is 0 Å². The number of halogens is 4. The Hall–Kier alpha value is -1.05. The molecule has 0 radical (unpaired) electrons. The molecule has 0 aliphatic heterocycles. The van der Waals surface area contributed by atoms with Crippen LogP contribution in [0.4, 0.5) is 13.2 Å². The van der Waals surface area contributed by atoms with Crippen LogP contribution < -0.4 is 4.74 Å². The van der Waals surface area contributed by atoms with Crippen LogP contribution >= 0.6 is 27.3 Å². The van der Waals surface area contributed by atoms with Gasteiger partial charge in [-0.3, -0.25) is 0 Å². The lowest BCUT2D eigenvalue weighted by atomic mass is 10.0. The molecular formula is C12H8BrF3O2S. The van der Waals surface area contributed by atoms with Crippen LogP contribution in [-0.4, -0.2) is 11.5 Å². The van der Waals surface area contributed by atoms with E-state index in [4.69, 9.17) is 0 Å². The molecule has 2 aromatic rings. The highest BCUT2D eigenvalue weighted by Gasteiger charge is 2.31. The first-order valence-corrected chi connectivity index (χ1v) is 6.80. The largest absolute Gasteiger partial charge is 0.573 e. The second kappa shape index (κ2) is 5.52. The summed E-state index contributed by atoms with van der Waals surface area (Å²) in [5.74, 6) is -0.349. The summed E-state index contributed by atoms with van der Waals surface area (Å²) in [4.78, 5) is 0. The lowest BCUT2D eigenvalue weighted by molar-refractivity contribution is -0.274. The topological polar surface area (TPSA) is 29.5 Å². The average Bonchev–Trinajstić information content (AvgIpc) is 2.73. The number of thiophene rings is 1. The van der Waals surface area contributed by atoms with Crippen molar-refractivity contribution in [2.75, 3.05) is 0 Å². The van der Waals surface area contributed by atoms with Crippen LogP contribution in [0, 0.1) is 0 Å². The fourth-order valence-electron chi connectivity index (χ4n) is 1.54. The average molecular weight is 353 g/mol. The number of aliphatic hydroxyl groups is 1. The lowest BCUT2D eigenvalue weighted by Gasteiger charge is -2.13. The minimum absolute atomic E-state index is 0.340. The van der Waals surface area contributed by atoms with Crippen LogP contribution in [0.3, 0.4) is 0 Å². The van der Waals surface area contributed by atoms with E-state index < -0.39 is 12.5 Å². The molecule has 1 unspecified atom stereocenters. The third-order valence-corrected chi connectivity index (χ3v) is 3.83. The number of aliphatic hydroxyl groups excluding tert-OH is 1. The molecule has 1 N–H and O–H groups in total. The highest BCUT2D eigenvalue weighted by molar-refractivity contribution is 9.11. The first-order chi connectivity index (χ1) is 8.85. The molecule has 0 aliphatic rings. The van der Waals surface area contributed by atoms with Crippen molar-refractivity contribution < 1.29 is 23.0 Å². The maximum absolute atomic E-state index is 12.1. The summed E-state index contributed by atoms with van der Waals surface area (Å²) < 4.78 is 41.0. The van der Waals surface area contributed by atoms with Gasteiger partial charge in [-0.05, 0) is 50.6 Å². The molecule has 0 fully saturated rings. The Labute approximate surface area is 119 Å². The molecule has 102 valence electrons. The number of ether oxygens (including phenoxy) is 1. The number of hydrogen-bond acceptors (Lipinski definition) is 3. The minimum atomic E-state index is -4.74. The van der Waals surface area contributed by atoms with Gasteiger partial charge in [-0.25, -0.2) is 0 Å². The molecule has 7 heteroatoms. The van der Waals surface area contributed by atoms with E-state index in [-0.39, 0.29) is 5.75 Å². The van der Waals surface area contributed by atoms with Gasteiger partial charge in [0.15, 0.2) is 0 Å². The standard InChI is InChI=1S/C12H8BrF3O2S/c13-10-5-8(6-19-10)11(17)7-2-1-3-9(4-7)18-12(14,15)16/h1-6,11,17H. The predicted molar refractivity (Wildman–Crippen MR) is 69.2 cm³/mol. The smallest absolute Gasteiger partial charge is 0.406 e. The van der Waals surface area contributed by atoms with E-state index in [2.05, 4.69) is 20.7 Å². The van der Waals surface area contributed by atoms with Crippen molar-refractivity contribution in [2.45, 2.75) is 12.5 Å². The predicted octanol–water partition coefficient (Wildman–Crippen LogP) is 4.49. The van der Waals surface area contributed by atoms with Crippen LogP contribution in [0.5, 0.6) is 5.75 Å². The minimum Gasteiger partial charge on any atom is -0.406 e. The maximum Gasteiger partial charge on any atom is 0.573 e. The van der Waals surface area contributed by atoms with Gasteiger partial charge in [0, 0.05) is 0 Å². The second-order valence-corrected chi connectivity index (χ2v) is 6.00. The fourth-order valence-corrected chi connectivity index (χ4v) is 2.74. The molecule has 1 aromatic carbocycles. The van der Waals surface area contributed by atoms with Gasteiger partial charge in [0.1, 0.15) is 11.9 Å². The van der Waals surface area contributed by atoms with Crippen LogP contribution in [-0.2, 0) is 0 Å². The van der Waals surface area contributed by atoms with E-state index in [1.54, 1.807) is 17.5 Å². The first kappa shape index (κ1) is 14.4. The van der Waals surface area contributed by atoms with Crippen LogP contribution in [0.25, 0.3) is 0 Å². The highest BCUT2D eigenvalue weighted by atomic mass is 79.9. The molecule has 2 nitrogen and oxygen atoms in total. The summed E-state index contributed by atoms with van der Waals surface area (Å²) >= 11 is 4.65. The van der Waals surface area contributed by atoms with E-state index in [1.807, 2.05) is 0 Å². The summed E-state index contributed by atoms with van der Waals surface area (Å²) in [6, 6.07) is 7.02. The molecule has 19 heavy (non-hydrogen) atoms. The van der Waals surface area contributed by atoms with Gasteiger partial charge in [0.05, 0.1) is 3.79 Å². The third kappa shape index (κ3) is 3.95. The number of benzene rings is 1. The van der Waals surface area contributed by atoms with Crippen LogP contribution in [0.2, 0.25) is 0 Å². The summed E-state index contributed by atoms with van der Waals surface area (Å²) in [7, 11) is 0. The van der Waals surface area contributed by atoms with E-state index in [1.165, 1.54) is 29.5 Å². The van der Waals surface area contributed by atoms with Crippen molar-refractivity contribution >= 4 is 27.3 Å². The van der Waals surface area contributed by atoms with Gasteiger partial charge >= 0.3 is 6.36 Å². The summed E-state index contributed by atoms with van der Waals surface area (Å²) in [6.07, 6.45) is -5.73. The molecule has 0 bridgehead atoms. The van der Waals surface area contributed by atoms with E-state index in [0.29, 0.717) is 11.1 Å². The molecule has 0 spiro atoms. The van der Waals surface area contributed by atoms with Gasteiger partial charge < -0.3 is 9.84 Å². The lowest BCUT2D eigenvalue weighted by Crippen LogP contribution is -2.17. The molecule has 0 saturated heterocycles. The quantitative estimate of drug-likeness (QED) is 0.881. The van der Waals surface area contributed by atoms with Gasteiger partial charge in [-0.15, -0.1) is 24.5 Å². The van der Waals surface area contributed by atoms with Gasteiger partial charge in [-0.2, -0.15) is 0 Å². The Morgan fingerprint density at radius 2 is 1.95 bits per heavy atom. The zero-order valence-corrected chi connectivity index (χ0v) is 11.7. The molecule has 1 atom stereocenters. The van der Waals surface area contributed by atoms with Crippen molar-refractivity contribution in [3.05, 3.63) is 50.6 Å². The van der Waals surface area contributed by atoms with Crippen molar-refractivity contribution in [3.63, 3.8) is 0 Å². The zero-order valence-electron chi connectivity index (χ0n) is 9.32. The summed E-state index contributed by atoms with van der Waals surface area (Å²) in [5, 5.41) is 11.8. The van der Waals surface area contributed by atoms with Crippen molar-refractivity contribution in [3.8, 4) is 5.75 Å². The normalized spacial score (nSPS) is 13.3. The number of alkyl halides is 3. The highest BCUT2D eigenvalue weighted by Crippen LogP contribution is 2.31. The van der Waals surface area contributed by atoms with Crippen molar-refractivity contribution in [1.82, 2.24) is 0 Å². The Morgan fingerprint density at radius 1 is 1.21 bits per heavy atom. The number of rotatable bonds is 3. The zero-order chi connectivity index (χ0) is 14.0. The fraction of sp³-hybridized carbons (Fsp3) is 0.167. The Kier molecular flexibility index (Phi) is 4.17. The van der Waals surface area contributed by atoms with E-state index in [9.17, 15) is 18.3 Å². The molecule has 1 aromatic heterocycles. The molecule has 2 rings (SSSR count). The molecule has 0 aliphatic carbocycles. The van der Waals surface area contributed by atoms with Gasteiger partial charge in [0.25, 0.3) is 0 Å². The van der Waals surface area contributed by atoms with Gasteiger partial charge in [-0.1, -0.05) is 12.1 Å². The van der Waals surface area contributed by atoms with Crippen molar-refractivity contribution in [2.24, 2.45) is 0 Å². The number of hydrogen-bond donors (Lipinski definition) is 1. The third-order valence-electron chi connectivity index (χ3n) is 2.31. The SMILES string of the molecule is OC(c1cccc(OC(F)(F)F)c1)c1csc(Br)c1. The Bertz CT molecular complexity index is 568. The maximum atomic E-state index is 12.1. The molecular weight excluding hydrogens is 345 g/mol. The first-order valence-electron chi connectivity index (χ1n) is 5.13. The Morgan fingerprint density at radius 3 is 2.53 bits per heavy atom. The summed E-state index contributed by atoms with van der Waals surface area (Å²) in [5.41, 5.74) is 0.952. The van der Waals surface area contributed by atoms with E-state index in [0.717, 1.165) is 3.79 Å².